The van der Waals surface area contributed by atoms with Crippen molar-refractivity contribution in [1.82, 2.24) is 9.78 Å². The van der Waals surface area contributed by atoms with Gasteiger partial charge >= 0.3 is 0 Å². The molecule has 118 valence electrons. The van der Waals surface area contributed by atoms with Crippen molar-refractivity contribution in [2.45, 2.75) is 46.5 Å². The monoisotopic (exact) mass is 299 g/mol. The zero-order chi connectivity index (χ0) is 16.3. The summed E-state index contributed by atoms with van der Waals surface area (Å²) in [7, 11) is 1.90. The van der Waals surface area contributed by atoms with Crippen molar-refractivity contribution in [3.05, 3.63) is 46.8 Å². The quantitative estimate of drug-likeness (QED) is 0.914. The van der Waals surface area contributed by atoms with Crippen LogP contribution in [0.1, 0.15) is 48.6 Å². The Morgan fingerprint density at radius 3 is 2.64 bits per heavy atom. The van der Waals surface area contributed by atoms with Crippen molar-refractivity contribution in [3.8, 4) is 0 Å². The summed E-state index contributed by atoms with van der Waals surface area (Å²) in [5, 5.41) is 7.40. The molecule has 0 fully saturated rings. The molecule has 0 saturated heterocycles. The summed E-state index contributed by atoms with van der Waals surface area (Å²) < 4.78 is 1.79. The lowest BCUT2D eigenvalue weighted by molar-refractivity contribution is -0.116. The maximum absolute atomic E-state index is 12.3. The molecule has 4 nitrogen and oxygen atoms in total. The number of nitrogens with one attached hydrogen (secondary N) is 1. The number of para-hydroxylation sites is 1. The van der Waals surface area contributed by atoms with Gasteiger partial charge in [-0.25, -0.2) is 0 Å². The standard InChI is InChI=1S/C18H25N3O/c1-12(2)16-8-6-7-13(3)18(16)19-17(22)10-9-15-11-21(5)20-14(15)4/h6-8,11-12H,9-10H2,1-5H3,(H,19,22). The third-order valence-electron chi connectivity index (χ3n) is 3.93. The van der Waals surface area contributed by atoms with E-state index in [0.29, 0.717) is 18.8 Å². The fraction of sp³-hybridized carbons (Fsp3) is 0.444. The normalized spacial score (nSPS) is 11.0. The molecule has 4 heteroatoms. The highest BCUT2D eigenvalue weighted by Gasteiger charge is 2.13. The molecule has 1 aromatic heterocycles. The third-order valence-corrected chi connectivity index (χ3v) is 3.93. The number of hydrogen-bond acceptors (Lipinski definition) is 2. The first-order valence-corrected chi connectivity index (χ1v) is 7.77. The van der Waals surface area contributed by atoms with E-state index in [1.165, 1.54) is 5.56 Å². The highest BCUT2D eigenvalue weighted by Crippen LogP contribution is 2.27. The van der Waals surface area contributed by atoms with E-state index in [9.17, 15) is 4.79 Å². The Morgan fingerprint density at radius 2 is 2.05 bits per heavy atom. The molecular formula is C18H25N3O. The van der Waals surface area contributed by atoms with Crippen LogP contribution in [0.2, 0.25) is 0 Å². The number of hydrogen-bond donors (Lipinski definition) is 1. The molecule has 22 heavy (non-hydrogen) atoms. The van der Waals surface area contributed by atoms with Gasteiger partial charge in [-0.05, 0) is 42.9 Å². The van der Waals surface area contributed by atoms with E-state index in [4.69, 9.17) is 0 Å². The van der Waals surface area contributed by atoms with Crippen LogP contribution in [0.4, 0.5) is 5.69 Å². The molecule has 0 bridgehead atoms. The highest BCUT2D eigenvalue weighted by molar-refractivity contribution is 5.92. The maximum Gasteiger partial charge on any atom is 0.224 e. The minimum Gasteiger partial charge on any atom is -0.326 e. The molecule has 2 aromatic rings. The van der Waals surface area contributed by atoms with Gasteiger partial charge in [-0.1, -0.05) is 32.0 Å². The van der Waals surface area contributed by atoms with Gasteiger partial charge in [0.05, 0.1) is 5.69 Å². The van der Waals surface area contributed by atoms with E-state index < -0.39 is 0 Å². The highest BCUT2D eigenvalue weighted by atomic mass is 16.1. The number of carbonyl (C=O) groups excluding carboxylic acids is 1. The first-order valence-electron chi connectivity index (χ1n) is 7.77. The average Bonchev–Trinajstić information content (AvgIpc) is 2.76. The molecule has 0 spiro atoms. The van der Waals surface area contributed by atoms with Crippen molar-refractivity contribution >= 4 is 11.6 Å². The molecule has 0 aliphatic heterocycles. The Bertz CT molecular complexity index is 671. The second-order valence-electron chi connectivity index (χ2n) is 6.16. The topological polar surface area (TPSA) is 46.9 Å². The Morgan fingerprint density at radius 1 is 1.32 bits per heavy atom. The lowest BCUT2D eigenvalue weighted by Gasteiger charge is -2.16. The van der Waals surface area contributed by atoms with Crippen LogP contribution >= 0.6 is 0 Å². The van der Waals surface area contributed by atoms with Gasteiger partial charge in [0, 0.05) is 25.4 Å². The summed E-state index contributed by atoms with van der Waals surface area (Å²) in [4.78, 5) is 12.3. The minimum atomic E-state index is 0.0550. The van der Waals surface area contributed by atoms with Crippen molar-refractivity contribution in [2.24, 2.45) is 7.05 Å². The van der Waals surface area contributed by atoms with Crippen LogP contribution in [0.25, 0.3) is 0 Å². The molecule has 1 amide bonds. The smallest absolute Gasteiger partial charge is 0.224 e. The fourth-order valence-corrected chi connectivity index (χ4v) is 2.69. The molecule has 0 unspecified atom stereocenters. The SMILES string of the molecule is Cc1cccc(C(C)C)c1NC(=O)CCc1cn(C)nc1C. The van der Waals surface area contributed by atoms with Crippen molar-refractivity contribution < 1.29 is 4.79 Å². The fourth-order valence-electron chi connectivity index (χ4n) is 2.69. The Kier molecular flexibility index (Phi) is 5.01. The van der Waals surface area contributed by atoms with Crippen LogP contribution < -0.4 is 5.32 Å². The summed E-state index contributed by atoms with van der Waals surface area (Å²) in [6, 6.07) is 6.16. The van der Waals surface area contributed by atoms with Crippen LogP contribution in [0.15, 0.2) is 24.4 Å². The van der Waals surface area contributed by atoms with Gasteiger partial charge in [0.15, 0.2) is 0 Å². The summed E-state index contributed by atoms with van der Waals surface area (Å²) in [6.45, 7) is 8.30. The van der Waals surface area contributed by atoms with Gasteiger partial charge in [-0.2, -0.15) is 5.10 Å². The van der Waals surface area contributed by atoms with E-state index in [2.05, 4.69) is 30.3 Å². The van der Waals surface area contributed by atoms with Crippen molar-refractivity contribution in [3.63, 3.8) is 0 Å². The molecule has 2 rings (SSSR count). The molecule has 1 heterocycles. The van der Waals surface area contributed by atoms with Gasteiger partial charge in [-0.15, -0.1) is 0 Å². The van der Waals surface area contributed by atoms with Crippen LogP contribution in [0.3, 0.4) is 0 Å². The maximum atomic E-state index is 12.3. The summed E-state index contributed by atoms with van der Waals surface area (Å²) in [5.74, 6) is 0.440. The Labute approximate surface area is 132 Å². The predicted molar refractivity (Wildman–Crippen MR) is 90.2 cm³/mol. The largest absolute Gasteiger partial charge is 0.326 e. The third kappa shape index (κ3) is 3.75. The summed E-state index contributed by atoms with van der Waals surface area (Å²) >= 11 is 0. The lowest BCUT2D eigenvalue weighted by Crippen LogP contribution is -2.15. The molecule has 0 aliphatic carbocycles. The van der Waals surface area contributed by atoms with Crippen LogP contribution in [-0.2, 0) is 18.3 Å². The number of benzene rings is 1. The average molecular weight is 299 g/mol. The molecule has 0 radical (unpaired) electrons. The van der Waals surface area contributed by atoms with Gasteiger partial charge in [0.2, 0.25) is 5.91 Å². The second kappa shape index (κ2) is 6.77. The first kappa shape index (κ1) is 16.3. The lowest BCUT2D eigenvalue weighted by atomic mass is 9.98. The van der Waals surface area contributed by atoms with Gasteiger partial charge < -0.3 is 5.32 Å². The summed E-state index contributed by atoms with van der Waals surface area (Å²) in [5.41, 5.74) is 5.38. The van der Waals surface area contributed by atoms with Gasteiger partial charge in [-0.3, -0.25) is 9.48 Å². The minimum absolute atomic E-state index is 0.0550. The Hall–Kier alpha value is -2.10. The molecule has 0 saturated carbocycles. The number of amides is 1. The molecule has 1 aromatic carbocycles. The van der Waals surface area contributed by atoms with E-state index in [0.717, 1.165) is 22.5 Å². The van der Waals surface area contributed by atoms with Gasteiger partial charge in [0.1, 0.15) is 0 Å². The number of aromatic nitrogens is 2. The zero-order valence-corrected chi connectivity index (χ0v) is 14.1. The van der Waals surface area contributed by atoms with E-state index >= 15 is 0 Å². The molecule has 0 atom stereocenters. The molecular weight excluding hydrogens is 274 g/mol. The second-order valence-corrected chi connectivity index (χ2v) is 6.16. The van der Waals surface area contributed by atoms with Crippen LogP contribution in [-0.4, -0.2) is 15.7 Å². The molecule has 1 N–H and O–H groups in total. The van der Waals surface area contributed by atoms with Crippen LogP contribution in [0, 0.1) is 13.8 Å². The van der Waals surface area contributed by atoms with Crippen LogP contribution in [0.5, 0.6) is 0 Å². The zero-order valence-electron chi connectivity index (χ0n) is 14.1. The van der Waals surface area contributed by atoms with E-state index in [1.54, 1.807) is 4.68 Å². The van der Waals surface area contributed by atoms with Crippen molar-refractivity contribution in [2.75, 3.05) is 5.32 Å². The Balaban J connectivity index is 2.05. The van der Waals surface area contributed by atoms with E-state index in [1.807, 2.05) is 39.2 Å². The first-order chi connectivity index (χ1) is 10.4. The number of anilines is 1. The summed E-state index contributed by atoms with van der Waals surface area (Å²) in [6.07, 6.45) is 3.17. The number of aryl methyl sites for hydroxylation is 4. The van der Waals surface area contributed by atoms with Crippen molar-refractivity contribution in [1.29, 1.82) is 0 Å². The molecule has 0 aliphatic rings. The number of nitrogens with zero attached hydrogens (tertiary/aromatic N) is 2. The van der Waals surface area contributed by atoms with E-state index in [-0.39, 0.29) is 5.91 Å². The van der Waals surface area contributed by atoms with Gasteiger partial charge in [0.25, 0.3) is 0 Å². The predicted octanol–water partition coefficient (Wildman–Crippen LogP) is 3.73. The number of rotatable bonds is 5. The number of carbonyl (C=O) groups is 1.